The van der Waals surface area contributed by atoms with Gasteiger partial charge in [0.2, 0.25) is 11.8 Å². The zero-order valence-corrected chi connectivity index (χ0v) is 15.5. The Morgan fingerprint density at radius 3 is 2.54 bits per heavy atom. The fourth-order valence-electron chi connectivity index (χ4n) is 3.23. The van der Waals surface area contributed by atoms with Crippen LogP contribution in [0.2, 0.25) is 0 Å². The van der Waals surface area contributed by atoms with Crippen LogP contribution in [-0.4, -0.2) is 52.0 Å². The van der Waals surface area contributed by atoms with Gasteiger partial charge in [-0.05, 0) is 5.56 Å². The number of hydrogen-bond acceptors (Lipinski definition) is 6. The van der Waals surface area contributed by atoms with Crippen LogP contribution in [0, 0.1) is 5.92 Å². The Morgan fingerprint density at radius 1 is 1.23 bits per heavy atom. The molecule has 1 saturated heterocycles. The first-order valence-electron chi connectivity index (χ1n) is 9.21. The molecule has 7 heteroatoms. The lowest BCUT2D eigenvalue weighted by Crippen LogP contribution is -2.50. The molecule has 1 fully saturated rings. The first-order chi connectivity index (χ1) is 12.6. The maximum atomic E-state index is 12.8. The molecular weight excluding hydrogens is 330 g/mol. The molecule has 0 bridgehead atoms. The van der Waals surface area contributed by atoms with Gasteiger partial charge in [-0.3, -0.25) is 9.69 Å². The third-order valence-electron chi connectivity index (χ3n) is 4.97. The summed E-state index contributed by atoms with van der Waals surface area (Å²) in [6.07, 6.45) is 0.745. The topological polar surface area (TPSA) is 88.5 Å². The highest BCUT2D eigenvalue weighted by Gasteiger charge is 2.29. The molecule has 2 aromatic rings. The summed E-state index contributed by atoms with van der Waals surface area (Å²) < 4.78 is 5.15. The van der Waals surface area contributed by atoms with Crippen molar-refractivity contribution < 1.29 is 9.32 Å². The monoisotopic (exact) mass is 357 g/mol. The van der Waals surface area contributed by atoms with E-state index in [1.807, 2.05) is 49.1 Å². The van der Waals surface area contributed by atoms with Gasteiger partial charge in [0.15, 0.2) is 5.82 Å². The van der Waals surface area contributed by atoms with Gasteiger partial charge in [-0.2, -0.15) is 4.98 Å². The Hall–Kier alpha value is -2.25. The highest BCUT2D eigenvalue weighted by molar-refractivity contribution is 5.79. The number of amides is 1. The fourth-order valence-corrected chi connectivity index (χ4v) is 3.23. The van der Waals surface area contributed by atoms with E-state index in [-0.39, 0.29) is 17.9 Å². The van der Waals surface area contributed by atoms with Crippen molar-refractivity contribution in [2.45, 2.75) is 32.9 Å². The smallest absolute Gasteiger partial charge is 0.227 e. The summed E-state index contributed by atoms with van der Waals surface area (Å²) in [5.41, 5.74) is 7.30. The fraction of sp³-hybridized carbons (Fsp3) is 0.526. The van der Waals surface area contributed by atoms with E-state index >= 15 is 0 Å². The van der Waals surface area contributed by atoms with Crippen LogP contribution in [-0.2, 0) is 17.8 Å². The minimum Gasteiger partial charge on any atom is -0.340 e. The predicted molar refractivity (Wildman–Crippen MR) is 98.1 cm³/mol. The number of rotatable bonds is 6. The maximum Gasteiger partial charge on any atom is 0.227 e. The molecule has 2 heterocycles. The van der Waals surface area contributed by atoms with Gasteiger partial charge < -0.3 is 15.2 Å². The highest BCUT2D eigenvalue weighted by Crippen LogP contribution is 2.21. The molecule has 1 aromatic carbocycles. The minimum atomic E-state index is -0.284. The van der Waals surface area contributed by atoms with Crippen LogP contribution in [0.1, 0.15) is 37.2 Å². The summed E-state index contributed by atoms with van der Waals surface area (Å²) in [4.78, 5) is 21.3. The van der Waals surface area contributed by atoms with Crippen LogP contribution >= 0.6 is 0 Å². The van der Waals surface area contributed by atoms with Crippen molar-refractivity contribution in [2.75, 3.05) is 26.2 Å². The largest absolute Gasteiger partial charge is 0.340 e. The average Bonchev–Trinajstić information content (AvgIpc) is 3.15. The molecule has 7 nitrogen and oxygen atoms in total. The first kappa shape index (κ1) is 18.5. The second kappa shape index (κ2) is 8.42. The molecule has 140 valence electrons. The minimum absolute atomic E-state index is 0.119. The van der Waals surface area contributed by atoms with Gasteiger partial charge in [0, 0.05) is 38.6 Å². The molecule has 3 rings (SSSR count). The molecule has 2 N–H and O–H groups in total. The third-order valence-corrected chi connectivity index (χ3v) is 4.97. The molecule has 1 aliphatic rings. The molecule has 0 saturated carbocycles. The van der Waals surface area contributed by atoms with E-state index in [4.69, 9.17) is 10.3 Å². The van der Waals surface area contributed by atoms with E-state index in [1.165, 1.54) is 0 Å². The number of carbonyl (C=O) groups is 1. The standard InChI is InChI=1S/C19H27N5O2/c1-3-17-21-16(22-26-17)13-23-9-11-24(12-10-23)19(25)14(2)18(20)15-7-5-4-6-8-15/h4-8,14,18H,3,9-13,20H2,1-2H3. The SMILES string of the molecule is CCc1nc(CN2CCN(C(=O)C(C)C(N)c3ccccc3)CC2)no1. The van der Waals surface area contributed by atoms with E-state index in [1.54, 1.807) is 0 Å². The molecule has 0 radical (unpaired) electrons. The van der Waals surface area contributed by atoms with Crippen LogP contribution in [0.4, 0.5) is 0 Å². The van der Waals surface area contributed by atoms with E-state index in [2.05, 4.69) is 15.0 Å². The number of hydrogen-bond donors (Lipinski definition) is 1. The summed E-state index contributed by atoms with van der Waals surface area (Å²) in [5, 5.41) is 4.00. The summed E-state index contributed by atoms with van der Waals surface area (Å²) in [5.74, 6) is 1.25. The second-order valence-electron chi connectivity index (χ2n) is 6.78. The van der Waals surface area contributed by atoms with Crippen molar-refractivity contribution in [1.82, 2.24) is 19.9 Å². The summed E-state index contributed by atoms with van der Waals surface area (Å²) >= 11 is 0. The molecule has 1 aromatic heterocycles. The van der Waals surface area contributed by atoms with E-state index in [9.17, 15) is 4.79 Å². The van der Waals surface area contributed by atoms with Gasteiger partial charge in [0.25, 0.3) is 0 Å². The van der Waals surface area contributed by atoms with Crippen LogP contribution < -0.4 is 5.73 Å². The van der Waals surface area contributed by atoms with Crippen LogP contribution in [0.3, 0.4) is 0 Å². The van der Waals surface area contributed by atoms with Gasteiger partial charge in [-0.25, -0.2) is 0 Å². The van der Waals surface area contributed by atoms with Crippen LogP contribution in [0.25, 0.3) is 0 Å². The summed E-state index contributed by atoms with van der Waals surface area (Å²) in [6, 6.07) is 9.52. The van der Waals surface area contributed by atoms with Crippen molar-refractivity contribution in [2.24, 2.45) is 11.7 Å². The lowest BCUT2D eigenvalue weighted by Gasteiger charge is -2.36. The first-order valence-corrected chi connectivity index (χ1v) is 9.21. The molecule has 0 spiro atoms. The van der Waals surface area contributed by atoms with E-state index in [0.29, 0.717) is 31.3 Å². The number of piperazine rings is 1. The lowest BCUT2D eigenvalue weighted by molar-refractivity contribution is -0.137. The van der Waals surface area contributed by atoms with Gasteiger partial charge in [0.05, 0.1) is 12.5 Å². The lowest BCUT2D eigenvalue weighted by atomic mass is 9.94. The Balaban J connectivity index is 1.51. The molecule has 0 aliphatic carbocycles. The van der Waals surface area contributed by atoms with E-state index < -0.39 is 0 Å². The highest BCUT2D eigenvalue weighted by atomic mass is 16.5. The Bertz CT molecular complexity index is 710. The number of carbonyl (C=O) groups excluding carboxylic acids is 1. The van der Waals surface area contributed by atoms with Crippen molar-refractivity contribution in [3.63, 3.8) is 0 Å². The zero-order valence-electron chi connectivity index (χ0n) is 15.5. The molecule has 26 heavy (non-hydrogen) atoms. The van der Waals surface area contributed by atoms with Crippen molar-refractivity contribution in [1.29, 1.82) is 0 Å². The van der Waals surface area contributed by atoms with Gasteiger partial charge >= 0.3 is 0 Å². The summed E-state index contributed by atoms with van der Waals surface area (Å²) in [7, 11) is 0. The summed E-state index contributed by atoms with van der Waals surface area (Å²) in [6.45, 7) is 7.56. The molecule has 1 amide bonds. The number of nitrogens with two attached hydrogens (primary N) is 1. The molecule has 2 atom stereocenters. The second-order valence-corrected chi connectivity index (χ2v) is 6.78. The normalized spacial score (nSPS) is 17.9. The molecule has 2 unspecified atom stereocenters. The Labute approximate surface area is 154 Å². The zero-order chi connectivity index (χ0) is 18.5. The predicted octanol–water partition coefficient (Wildman–Crippen LogP) is 1.61. The van der Waals surface area contributed by atoms with Crippen LogP contribution in [0.5, 0.6) is 0 Å². The number of aryl methyl sites for hydroxylation is 1. The quantitative estimate of drug-likeness (QED) is 0.845. The van der Waals surface area contributed by atoms with Gasteiger partial charge in [-0.15, -0.1) is 0 Å². The molecule has 1 aliphatic heterocycles. The number of nitrogens with zero attached hydrogens (tertiary/aromatic N) is 4. The molecular formula is C19H27N5O2. The average molecular weight is 357 g/mol. The Morgan fingerprint density at radius 2 is 1.92 bits per heavy atom. The number of aromatic nitrogens is 2. The van der Waals surface area contributed by atoms with Crippen molar-refractivity contribution in [3.05, 3.63) is 47.6 Å². The van der Waals surface area contributed by atoms with Gasteiger partial charge in [0.1, 0.15) is 0 Å². The van der Waals surface area contributed by atoms with Crippen LogP contribution in [0.15, 0.2) is 34.9 Å². The number of benzene rings is 1. The van der Waals surface area contributed by atoms with E-state index in [0.717, 1.165) is 25.1 Å². The van der Waals surface area contributed by atoms with Crippen molar-refractivity contribution >= 4 is 5.91 Å². The van der Waals surface area contributed by atoms with Gasteiger partial charge in [-0.1, -0.05) is 49.3 Å². The Kier molecular flexibility index (Phi) is 6.00. The maximum absolute atomic E-state index is 12.8. The van der Waals surface area contributed by atoms with Crippen molar-refractivity contribution in [3.8, 4) is 0 Å². The third kappa shape index (κ3) is 4.28.